The number of anilines is 1. The topological polar surface area (TPSA) is 32.5 Å². The molecule has 0 amide bonds. The average Bonchev–Trinajstić information content (AvgIpc) is 2.48. The van der Waals surface area contributed by atoms with Gasteiger partial charge in [0.1, 0.15) is 0 Å². The molecule has 3 nitrogen and oxygen atoms in total. The summed E-state index contributed by atoms with van der Waals surface area (Å²) in [4.78, 5) is 4.83. The van der Waals surface area contributed by atoms with Crippen molar-refractivity contribution in [3.63, 3.8) is 0 Å². The Balaban J connectivity index is 2.03. The van der Waals surface area contributed by atoms with Crippen LogP contribution in [0.2, 0.25) is 0 Å². The van der Waals surface area contributed by atoms with Gasteiger partial charge in [0, 0.05) is 25.3 Å². The summed E-state index contributed by atoms with van der Waals surface area (Å²) in [6.07, 6.45) is 3.60. The van der Waals surface area contributed by atoms with Gasteiger partial charge in [-0.05, 0) is 56.9 Å². The molecule has 112 valence electrons. The number of likely N-dealkylation sites (tertiary alicyclic amines) is 1. The van der Waals surface area contributed by atoms with E-state index in [1.165, 1.54) is 37.2 Å². The van der Waals surface area contributed by atoms with Gasteiger partial charge in [0.15, 0.2) is 0 Å². The van der Waals surface area contributed by atoms with Crippen molar-refractivity contribution in [2.45, 2.75) is 32.2 Å². The second-order valence-electron chi connectivity index (χ2n) is 6.20. The van der Waals surface area contributed by atoms with Gasteiger partial charge in [-0.2, -0.15) is 0 Å². The zero-order chi connectivity index (χ0) is 14.5. The quantitative estimate of drug-likeness (QED) is 0.897. The molecular weight excluding hydrogens is 246 g/mol. The van der Waals surface area contributed by atoms with Crippen LogP contribution in [0.15, 0.2) is 24.3 Å². The van der Waals surface area contributed by atoms with E-state index < -0.39 is 0 Å². The fraction of sp³-hybridized carbons (Fsp3) is 0.647. The van der Waals surface area contributed by atoms with Crippen LogP contribution in [0, 0.1) is 5.92 Å². The van der Waals surface area contributed by atoms with Crippen molar-refractivity contribution in [3.8, 4) is 0 Å². The maximum atomic E-state index is 6.25. The van der Waals surface area contributed by atoms with E-state index in [1.807, 2.05) is 0 Å². The van der Waals surface area contributed by atoms with Crippen LogP contribution in [0.3, 0.4) is 0 Å². The molecule has 1 aliphatic heterocycles. The third-order valence-electron chi connectivity index (χ3n) is 4.56. The van der Waals surface area contributed by atoms with E-state index in [2.05, 4.69) is 55.1 Å². The van der Waals surface area contributed by atoms with Gasteiger partial charge in [0.25, 0.3) is 0 Å². The molecule has 1 atom stereocenters. The summed E-state index contributed by atoms with van der Waals surface area (Å²) in [5.41, 5.74) is 8.84. The Morgan fingerprint density at radius 1 is 1.30 bits per heavy atom. The molecule has 1 aliphatic rings. The molecule has 0 unspecified atom stereocenters. The van der Waals surface area contributed by atoms with Crippen LogP contribution >= 0.6 is 0 Å². The predicted octanol–water partition coefficient (Wildman–Crippen LogP) is 2.87. The number of hydrogen-bond acceptors (Lipinski definition) is 3. The average molecular weight is 275 g/mol. The highest BCUT2D eigenvalue weighted by Gasteiger charge is 2.20. The normalized spacial score (nSPS) is 19.0. The summed E-state index contributed by atoms with van der Waals surface area (Å²) in [5, 5.41) is 0. The lowest BCUT2D eigenvalue weighted by molar-refractivity contribution is 0.222. The maximum Gasteiger partial charge on any atom is 0.0412 e. The molecule has 1 heterocycles. The zero-order valence-corrected chi connectivity index (χ0v) is 13.2. The lowest BCUT2D eigenvalue weighted by Crippen LogP contribution is -2.36. The summed E-state index contributed by atoms with van der Waals surface area (Å²) >= 11 is 0. The Morgan fingerprint density at radius 3 is 2.60 bits per heavy atom. The molecule has 1 saturated heterocycles. The van der Waals surface area contributed by atoms with Crippen LogP contribution in [-0.4, -0.2) is 38.6 Å². The van der Waals surface area contributed by atoms with Crippen LogP contribution in [0.4, 0.5) is 5.69 Å². The Bertz CT molecular complexity index is 410. The van der Waals surface area contributed by atoms with E-state index >= 15 is 0 Å². The Labute approximate surface area is 123 Å². The molecular formula is C17H29N3. The zero-order valence-electron chi connectivity index (χ0n) is 13.2. The molecule has 0 aromatic heterocycles. The van der Waals surface area contributed by atoms with Gasteiger partial charge < -0.3 is 15.5 Å². The van der Waals surface area contributed by atoms with Crippen molar-refractivity contribution < 1.29 is 0 Å². The van der Waals surface area contributed by atoms with E-state index in [0.717, 1.165) is 18.9 Å². The Hall–Kier alpha value is -1.06. The number of hydrogen-bond donors (Lipinski definition) is 1. The molecule has 0 bridgehead atoms. The number of benzene rings is 1. The summed E-state index contributed by atoms with van der Waals surface area (Å²) in [6, 6.07) is 8.74. The largest absolute Gasteiger partial charge is 0.374 e. The minimum absolute atomic E-state index is 0.145. The van der Waals surface area contributed by atoms with Gasteiger partial charge >= 0.3 is 0 Å². The Kier molecular flexibility index (Phi) is 5.44. The summed E-state index contributed by atoms with van der Waals surface area (Å²) < 4.78 is 0. The second-order valence-corrected chi connectivity index (χ2v) is 6.20. The lowest BCUT2D eigenvalue weighted by Gasteiger charge is -2.33. The summed E-state index contributed by atoms with van der Waals surface area (Å²) in [5.74, 6) is 0.808. The molecule has 2 N–H and O–H groups in total. The third-order valence-corrected chi connectivity index (χ3v) is 4.56. The van der Waals surface area contributed by atoms with Crippen LogP contribution in [0.5, 0.6) is 0 Å². The van der Waals surface area contributed by atoms with Crippen molar-refractivity contribution in [1.29, 1.82) is 0 Å². The van der Waals surface area contributed by atoms with Gasteiger partial charge in [0.2, 0.25) is 0 Å². The molecule has 1 aromatic rings. The third kappa shape index (κ3) is 3.74. The number of piperidine rings is 1. The van der Waals surface area contributed by atoms with Gasteiger partial charge in [0.05, 0.1) is 0 Å². The first kappa shape index (κ1) is 15.3. The molecule has 0 aliphatic carbocycles. The van der Waals surface area contributed by atoms with Gasteiger partial charge in [-0.25, -0.2) is 0 Å². The monoisotopic (exact) mass is 275 g/mol. The van der Waals surface area contributed by atoms with Crippen molar-refractivity contribution in [2.24, 2.45) is 11.7 Å². The highest BCUT2D eigenvalue weighted by molar-refractivity contribution is 5.54. The van der Waals surface area contributed by atoms with Gasteiger partial charge in [-0.1, -0.05) is 25.1 Å². The number of para-hydroxylation sites is 1. The first-order valence-corrected chi connectivity index (χ1v) is 7.86. The molecule has 3 heteroatoms. The molecule has 20 heavy (non-hydrogen) atoms. The first-order valence-electron chi connectivity index (χ1n) is 7.86. The summed E-state index contributed by atoms with van der Waals surface area (Å²) in [7, 11) is 4.43. The SMILES string of the molecule is CC[C@@H](N)c1ccccc1N(C)CC1CCN(C)CC1. The first-order chi connectivity index (χ1) is 9.61. The minimum Gasteiger partial charge on any atom is -0.374 e. The van der Waals surface area contributed by atoms with Crippen LogP contribution in [0.25, 0.3) is 0 Å². The molecule has 1 aromatic carbocycles. The van der Waals surface area contributed by atoms with Crippen molar-refractivity contribution in [3.05, 3.63) is 29.8 Å². The number of nitrogens with zero attached hydrogens (tertiary/aromatic N) is 2. The fourth-order valence-corrected chi connectivity index (χ4v) is 3.10. The van der Waals surface area contributed by atoms with E-state index in [-0.39, 0.29) is 6.04 Å². The molecule has 0 radical (unpaired) electrons. The number of rotatable bonds is 5. The standard InChI is InChI=1S/C17H29N3/c1-4-16(18)15-7-5-6-8-17(15)20(3)13-14-9-11-19(2)12-10-14/h5-8,14,16H,4,9-13,18H2,1-3H3/t16-/m1/s1. The minimum atomic E-state index is 0.145. The van der Waals surface area contributed by atoms with E-state index in [0.29, 0.717) is 0 Å². The molecule has 0 saturated carbocycles. The lowest BCUT2D eigenvalue weighted by atomic mass is 9.95. The van der Waals surface area contributed by atoms with Crippen molar-refractivity contribution in [2.75, 3.05) is 38.6 Å². The number of nitrogens with two attached hydrogens (primary N) is 1. The van der Waals surface area contributed by atoms with Crippen molar-refractivity contribution in [1.82, 2.24) is 4.90 Å². The highest BCUT2D eigenvalue weighted by Crippen LogP contribution is 2.28. The molecule has 2 rings (SSSR count). The Morgan fingerprint density at radius 2 is 1.95 bits per heavy atom. The van der Waals surface area contributed by atoms with Crippen LogP contribution < -0.4 is 10.6 Å². The smallest absolute Gasteiger partial charge is 0.0412 e. The van der Waals surface area contributed by atoms with Gasteiger partial charge in [-0.3, -0.25) is 0 Å². The van der Waals surface area contributed by atoms with Gasteiger partial charge in [-0.15, -0.1) is 0 Å². The second kappa shape index (κ2) is 7.09. The predicted molar refractivity (Wildman–Crippen MR) is 87.2 cm³/mol. The summed E-state index contributed by atoms with van der Waals surface area (Å²) in [6.45, 7) is 5.75. The molecule has 1 fully saturated rings. The van der Waals surface area contributed by atoms with Crippen LogP contribution in [0.1, 0.15) is 37.8 Å². The maximum absolute atomic E-state index is 6.25. The van der Waals surface area contributed by atoms with E-state index in [1.54, 1.807) is 0 Å². The van der Waals surface area contributed by atoms with Crippen LogP contribution in [-0.2, 0) is 0 Å². The van der Waals surface area contributed by atoms with E-state index in [4.69, 9.17) is 5.73 Å². The van der Waals surface area contributed by atoms with Crippen molar-refractivity contribution >= 4 is 5.69 Å². The van der Waals surface area contributed by atoms with E-state index in [9.17, 15) is 0 Å². The fourth-order valence-electron chi connectivity index (χ4n) is 3.10. The highest BCUT2D eigenvalue weighted by atomic mass is 15.1. The molecule has 0 spiro atoms.